The molecule has 0 N–H and O–H groups in total. The molecule has 1 aliphatic carbocycles. The van der Waals surface area contributed by atoms with E-state index in [1.807, 2.05) is 58.9 Å². The van der Waals surface area contributed by atoms with Crippen molar-refractivity contribution in [2.45, 2.75) is 38.6 Å². The summed E-state index contributed by atoms with van der Waals surface area (Å²) >= 11 is 18.8. The lowest BCUT2D eigenvalue weighted by molar-refractivity contribution is 0.454. The quantitative estimate of drug-likeness (QED) is 0.316. The van der Waals surface area contributed by atoms with Crippen molar-refractivity contribution in [2.75, 3.05) is 0 Å². The van der Waals surface area contributed by atoms with Crippen molar-refractivity contribution in [3.63, 3.8) is 0 Å². The Bertz CT molecular complexity index is 1240. The van der Waals surface area contributed by atoms with Crippen LogP contribution < -0.4 is 0 Å². The fourth-order valence-electron chi connectivity index (χ4n) is 4.25. The molecule has 2 aromatic heterocycles. The SMILES string of the molecule is Cc1c(-c2cn(C3CCCC3)nn2)nn(-c2ccc(Cl)cc2Cl)c1-c1ccc(Cl)cc1. The summed E-state index contributed by atoms with van der Waals surface area (Å²) in [5.74, 6) is 0. The molecule has 0 saturated heterocycles. The second-order valence-electron chi connectivity index (χ2n) is 7.86. The van der Waals surface area contributed by atoms with Crippen LogP contribution in [0, 0.1) is 6.92 Å². The highest BCUT2D eigenvalue weighted by Crippen LogP contribution is 2.36. The zero-order chi connectivity index (χ0) is 21.5. The summed E-state index contributed by atoms with van der Waals surface area (Å²) in [5.41, 5.74) is 5.17. The number of nitrogens with zero attached hydrogens (tertiary/aromatic N) is 5. The first-order chi connectivity index (χ1) is 15.0. The van der Waals surface area contributed by atoms with Gasteiger partial charge in [0.05, 0.1) is 28.6 Å². The summed E-state index contributed by atoms with van der Waals surface area (Å²) in [6, 6.07) is 13.5. The molecule has 0 atom stereocenters. The molecule has 5 rings (SSSR count). The van der Waals surface area contributed by atoms with Gasteiger partial charge in [0.1, 0.15) is 11.4 Å². The molecule has 2 heterocycles. The molecule has 0 radical (unpaired) electrons. The monoisotopic (exact) mass is 471 g/mol. The van der Waals surface area contributed by atoms with Crippen molar-refractivity contribution in [2.24, 2.45) is 0 Å². The maximum absolute atomic E-state index is 6.55. The lowest BCUT2D eigenvalue weighted by Crippen LogP contribution is -2.04. The number of aromatic nitrogens is 5. The maximum Gasteiger partial charge on any atom is 0.133 e. The minimum atomic E-state index is 0.421. The molecule has 0 amide bonds. The van der Waals surface area contributed by atoms with Crippen LogP contribution in [0.25, 0.3) is 28.3 Å². The lowest BCUT2D eigenvalue weighted by Gasteiger charge is -2.11. The Morgan fingerprint density at radius 3 is 2.35 bits per heavy atom. The molecule has 5 nitrogen and oxygen atoms in total. The van der Waals surface area contributed by atoms with E-state index in [0.717, 1.165) is 46.7 Å². The van der Waals surface area contributed by atoms with Gasteiger partial charge in [-0.3, -0.25) is 0 Å². The molecule has 1 saturated carbocycles. The van der Waals surface area contributed by atoms with Crippen molar-refractivity contribution < 1.29 is 0 Å². The van der Waals surface area contributed by atoms with E-state index in [4.69, 9.17) is 39.9 Å². The first-order valence-electron chi connectivity index (χ1n) is 10.2. The number of benzene rings is 2. The highest BCUT2D eigenvalue weighted by Gasteiger charge is 2.24. The summed E-state index contributed by atoms with van der Waals surface area (Å²) in [7, 11) is 0. The van der Waals surface area contributed by atoms with Gasteiger partial charge in [-0.05, 0) is 50.1 Å². The Morgan fingerprint density at radius 2 is 1.65 bits per heavy atom. The maximum atomic E-state index is 6.55. The van der Waals surface area contributed by atoms with Crippen LogP contribution in [-0.4, -0.2) is 24.8 Å². The zero-order valence-electron chi connectivity index (χ0n) is 16.9. The average Bonchev–Trinajstić information content (AvgIpc) is 3.48. The number of hydrogen-bond acceptors (Lipinski definition) is 3. The Morgan fingerprint density at radius 1 is 0.935 bits per heavy atom. The van der Waals surface area contributed by atoms with Crippen LogP contribution in [-0.2, 0) is 0 Å². The normalized spacial score (nSPS) is 14.5. The third-order valence-electron chi connectivity index (χ3n) is 5.83. The highest BCUT2D eigenvalue weighted by atomic mass is 35.5. The smallest absolute Gasteiger partial charge is 0.133 e. The zero-order valence-corrected chi connectivity index (χ0v) is 19.2. The van der Waals surface area contributed by atoms with Crippen LogP contribution in [0.5, 0.6) is 0 Å². The van der Waals surface area contributed by atoms with Crippen molar-refractivity contribution >= 4 is 34.8 Å². The summed E-state index contributed by atoms with van der Waals surface area (Å²) in [4.78, 5) is 0. The third-order valence-corrected chi connectivity index (χ3v) is 6.62. The molecule has 0 unspecified atom stereocenters. The van der Waals surface area contributed by atoms with Crippen LogP contribution in [0.1, 0.15) is 37.3 Å². The van der Waals surface area contributed by atoms with Gasteiger partial charge in [-0.25, -0.2) is 9.36 Å². The van der Waals surface area contributed by atoms with Gasteiger partial charge < -0.3 is 0 Å². The molecule has 0 aliphatic heterocycles. The molecule has 4 aromatic rings. The van der Waals surface area contributed by atoms with Gasteiger partial charge in [0.2, 0.25) is 0 Å². The minimum Gasteiger partial charge on any atom is -0.249 e. The van der Waals surface area contributed by atoms with E-state index in [1.54, 1.807) is 6.07 Å². The first kappa shape index (κ1) is 20.6. The van der Waals surface area contributed by atoms with Gasteiger partial charge in [0, 0.05) is 21.2 Å². The number of rotatable bonds is 4. The van der Waals surface area contributed by atoms with E-state index in [9.17, 15) is 0 Å². The number of hydrogen-bond donors (Lipinski definition) is 0. The Kier molecular flexibility index (Phi) is 5.51. The summed E-state index contributed by atoms with van der Waals surface area (Å²) in [6.07, 6.45) is 6.77. The van der Waals surface area contributed by atoms with Crippen molar-refractivity contribution in [3.05, 3.63) is 69.3 Å². The van der Waals surface area contributed by atoms with Gasteiger partial charge in [0.25, 0.3) is 0 Å². The van der Waals surface area contributed by atoms with Gasteiger partial charge >= 0.3 is 0 Å². The van der Waals surface area contributed by atoms with Crippen molar-refractivity contribution in [3.8, 4) is 28.3 Å². The molecule has 1 fully saturated rings. The van der Waals surface area contributed by atoms with Gasteiger partial charge in [-0.2, -0.15) is 5.10 Å². The highest BCUT2D eigenvalue weighted by molar-refractivity contribution is 6.35. The standard InChI is InChI=1S/C23H20Cl3N5/c1-14-22(20-13-30(29-27-20)18-4-2-3-5-18)28-31(21-11-10-17(25)12-19(21)26)23(14)15-6-8-16(24)9-7-15/h6-13,18H,2-5H2,1H3. The van der Waals surface area contributed by atoms with Gasteiger partial charge in [-0.15, -0.1) is 5.10 Å². The lowest BCUT2D eigenvalue weighted by atomic mass is 10.1. The number of halogens is 3. The second kappa shape index (κ2) is 8.30. The molecule has 8 heteroatoms. The van der Waals surface area contributed by atoms with Crippen LogP contribution in [0.15, 0.2) is 48.7 Å². The summed E-state index contributed by atoms with van der Waals surface area (Å²) < 4.78 is 3.83. The summed E-state index contributed by atoms with van der Waals surface area (Å²) in [6.45, 7) is 2.04. The summed E-state index contributed by atoms with van der Waals surface area (Å²) in [5, 5.41) is 15.5. The van der Waals surface area contributed by atoms with E-state index < -0.39 is 0 Å². The van der Waals surface area contributed by atoms with Gasteiger partial charge in [-0.1, -0.05) is 65.0 Å². The molecule has 31 heavy (non-hydrogen) atoms. The molecule has 2 aromatic carbocycles. The second-order valence-corrected chi connectivity index (χ2v) is 9.14. The van der Waals surface area contributed by atoms with Crippen molar-refractivity contribution in [1.82, 2.24) is 24.8 Å². The Labute approximate surface area is 195 Å². The minimum absolute atomic E-state index is 0.421. The predicted octanol–water partition coefficient (Wildman–Crippen LogP) is 7.18. The Balaban J connectivity index is 1.67. The Hall–Kier alpha value is -2.34. The van der Waals surface area contributed by atoms with E-state index in [0.29, 0.717) is 21.1 Å². The van der Waals surface area contributed by atoms with Crippen LogP contribution in [0.4, 0.5) is 0 Å². The fraction of sp³-hybridized carbons (Fsp3) is 0.261. The molecule has 0 spiro atoms. The van der Waals surface area contributed by atoms with E-state index in [2.05, 4.69) is 10.3 Å². The average molecular weight is 473 g/mol. The van der Waals surface area contributed by atoms with E-state index >= 15 is 0 Å². The van der Waals surface area contributed by atoms with Crippen LogP contribution in [0.2, 0.25) is 15.1 Å². The fourth-order valence-corrected chi connectivity index (χ4v) is 4.86. The first-order valence-corrected chi connectivity index (χ1v) is 11.4. The van der Waals surface area contributed by atoms with Crippen LogP contribution in [0.3, 0.4) is 0 Å². The topological polar surface area (TPSA) is 48.5 Å². The third kappa shape index (κ3) is 3.86. The molecular weight excluding hydrogens is 453 g/mol. The molecule has 0 bridgehead atoms. The van der Waals surface area contributed by atoms with E-state index in [1.165, 1.54) is 12.8 Å². The molecular formula is C23H20Cl3N5. The van der Waals surface area contributed by atoms with Gasteiger partial charge in [0.15, 0.2) is 0 Å². The predicted molar refractivity (Wildman–Crippen MR) is 125 cm³/mol. The van der Waals surface area contributed by atoms with Crippen molar-refractivity contribution in [1.29, 1.82) is 0 Å². The van der Waals surface area contributed by atoms with Crippen LogP contribution >= 0.6 is 34.8 Å². The largest absolute Gasteiger partial charge is 0.249 e. The van der Waals surface area contributed by atoms with E-state index in [-0.39, 0.29) is 0 Å². The molecule has 158 valence electrons. The molecule has 1 aliphatic rings.